The first-order valence-corrected chi connectivity index (χ1v) is 8.77. The van der Waals surface area contributed by atoms with Crippen molar-refractivity contribution in [3.63, 3.8) is 0 Å². The molecule has 2 N–H and O–H groups in total. The summed E-state index contributed by atoms with van der Waals surface area (Å²) in [7, 11) is -2.07. The van der Waals surface area contributed by atoms with E-state index in [2.05, 4.69) is 16.6 Å². The summed E-state index contributed by atoms with van der Waals surface area (Å²) < 4.78 is 31.6. The molecular formula is C18H19NO4S. The second-order valence-electron chi connectivity index (χ2n) is 5.14. The second-order valence-corrected chi connectivity index (χ2v) is 6.90. The first-order chi connectivity index (χ1) is 11.4. The SMILES string of the molecule is COc1cccc(C(O)C#CCNS(=O)(=O)c2ccc(C)cc2)c1. The minimum atomic E-state index is -3.60. The van der Waals surface area contributed by atoms with Gasteiger partial charge in [0.25, 0.3) is 0 Å². The Morgan fingerprint density at radius 2 is 1.92 bits per heavy atom. The summed E-state index contributed by atoms with van der Waals surface area (Å²) in [5.74, 6) is 5.85. The fourth-order valence-corrected chi connectivity index (χ4v) is 2.90. The molecule has 24 heavy (non-hydrogen) atoms. The summed E-state index contributed by atoms with van der Waals surface area (Å²) in [6, 6.07) is 13.4. The fraction of sp³-hybridized carbons (Fsp3) is 0.222. The molecule has 0 heterocycles. The lowest BCUT2D eigenvalue weighted by molar-refractivity contribution is 0.237. The normalized spacial score (nSPS) is 12.1. The van der Waals surface area contributed by atoms with Gasteiger partial charge in [-0.3, -0.25) is 0 Å². The average molecular weight is 345 g/mol. The van der Waals surface area contributed by atoms with Crippen molar-refractivity contribution in [2.45, 2.75) is 17.9 Å². The fourth-order valence-electron chi connectivity index (χ4n) is 1.97. The third-order valence-corrected chi connectivity index (χ3v) is 4.75. The molecule has 0 fully saturated rings. The van der Waals surface area contributed by atoms with Crippen LogP contribution in [-0.4, -0.2) is 27.2 Å². The first-order valence-electron chi connectivity index (χ1n) is 7.29. The lowest BCUT2D eigenvalue weighted by Gasteiger charge is -2.06. The van der Waals surface area contributed by atoms with Crippen LogP contribution in [0, 0.1) is 18.8 Å². The van der Waals surface area contributed by atoms with Crippen LogP contribution < -0.4 is 9.46 Å². The van der Waals surface area contributed by atoms with E-state index in [1.165, 1.54) is 19.2 Å². The monoisotopic (exact) mass is 345 g/mol. The molecule has 1 atom stereocenters. The van der Waals surface area contributed by atoms with Crippen LogP contribution in [0.1, 0.15) is 17.2 Å². The van der Waals surface area contributed by atoms with Crippen LogP contribution in [0.5, 0.6) is 5.75 Å². The molecule has 5 nitrogen and oxygen atoms in total. The molecule has 0 aliphatic carbocycles. The zero-order valence-corrected chi connectivity index (χ0v) is 14.3. The van der Waals surface area contributed by atoms with Gasteiger partial charge < -0.3 is 9.84 Å². The van der Waals surface area contributed by atoms with Crippen molar-refractivity contribution in [3.8, 4) is 17.6 Å². The second kappa shape index (κ2) is 7.97. The maximum absolute atomic E-state index is 12.1. The number of aryl methyl sites for hydroxylation is 1. The molecule has 6 heteroatoms. The molecular weight excluding hydrogens is 326 g/mol. The molecule has 0 spiro atoms. The molecule has 0 amide bonds. The smallest absolute Gasteiger partial charge is 0.241 e. The van der Waals surface area contributed by atoms with E-state index in [4.69, 9.17) is 4.74 Å². The Morgan fingerprint density at radius 1 is 1.21 bits per heavy atom. The van der Waals surface area contributed by atoms with Crippen LogP contribution in [0.25, 0.3) is 0 Å². The third kappa shape index (κ3) is 4.83. The van der Waals surface area contributed by atoms with E-state index >= 15 is 0 Å². The topological polar surface area (TPSA) is 75.6 Å². The Hall–Kier alpha value is -2.33. The highest BCUT2D eigenvalue weighted by molar-refractivity contribution is 7.89. The van der Waals surface area contributed by atoms with Gasteiger partial charge in [0.2, 0.25) is 10.0 Å². The van der Waals surface area contributed by atoms with Gasteiger partial charge in [-0.15, -0.1) is 0 Å². The zero-order chi connectivity index (χ0) is 17.6. The summed E-state index contributed by atoms with van der Waals surface area (Å²) >= 11 is 0. The molecule has 1 unspecified atom stereocenters. The predicted octanol–water partition coefficient (Wildman–Crippen LogP) is 2.02. The van der Waals surface area contributed by atoms with Crippen molar-refractivity contribution in [3.05, 3.63) is 59.7 Å². The highest BCUT2D eigenvalue weighted by atomic mass is 32.2. The highest BCUT2D eigenvalue weighted by Crippen LogP contribution is 2.18. The van der Waals surface area contributed by atoms with Gasteiger partial charge in [-0.05, 0) is 36.8 Å². The predicted molar refractivity (Wildman–Crippen MR) is 92.1 cm³/mol. The van der Waals surface area contributed by atoms with E-state index < -0.39 is 16.1 Å². The lowest BCUT2D eigenvalue weighted by Crippen LogP contribution is -2.24. The number of rotatable bonds is 5. The molecule has 0 saturated carbocycles. The molecule has 0 aliphatic heterocycles. The average Bonchev–Trinajstić information content (AvgIpc) is 2.59. The Balaban J connectivity index is 1.98. The van der Waals surface area contributed by atoms with Gasteiger partial charge >= 0.3 is 0 Å². The van der Waals surface area contributed by atoms with Crippen LogP contribution in [0.15, 0.2) is 53.4 Å². The van der Waals surface area contributed by atoms with Gasteiger partial charge in [0.05, 0.1) is 18.6 Å². The Labute approximate surface area is 142 Å². The van der Waals surface area contributed by atoms with E-state index in [0.717, 1.165) is 5.56 Å². The van der Waals surface area contributed by atoms with E-state index in [1.54, 1.807) is 36.4 Å². The van der Waals surface area contributed by atoms with E-state index in [-0.39, 0.29) is 11.4 Å². The lowest BCUT2D eigenvalue weighted by atomic mass is 10.1. The third-order valence-electron chi connectivity index (χ3n) is 3.33. The molecule has 2 rings (SSSR count). The maximum atomic E-state index is 12.1. The summed E-state index contributed by atoms with van der Waals surface area (Å²) in [5.41, 5.74) is 1.57. The largest absolute Gasteiger partial charge is 0.497 e. The van der Waals surface area contributed by atoms with Crippen LogP contribution >= 0.6 is 0 Å². The molecule has 2 aromatic carbocycles. The van der Waals surface area contributed by atoms with Gasteiger partial charge in [-0.25, -0.2) is 8.42 Å². The number of hydrogen-bond acceptors (Lipinski definition) is 4. The standard InChI is InChI=1S/C18H19NO4S/c1-14-8-10-17(11-9-14)24(21,22)19-12-4-7-18(20)15-5-3-6-16(13-15)23-2/h3,5-6,8-11,13,18-20H,12H2,1-2H3. The number of nitrogens with one attached hydrogen (secondary N) is 1. The summed E-state index contributed by atoms with van der Waals surface area (Å²) in [6.45, 7) is 1.80. The molecule has 0 aromatic heterocycles. The number of aliphatic hydroxyl groups is 1. The minimum Gasteiger partial charge on any atom is -0.497 e. The van der Waals surface area contributed by atoms with Crippen LogP contribution in [0.2, 0.25) is 0 Å². The molecule has 126 valence electrons. The van der Waals surface area contributed by atoms with E-state index in [0.29, 0.717) is 11.3 Å². The van der Waals surface area contributed by atoms with Crippen LogP contribution in [0.3, 0.4) is 0 Å². The number of aliphatic hydroxyl groups excluding tert-OH is 1. The number of sulfonamides is 1. The number of ether oxygens (including phenoxy) is 1. The first kappa shape index (κ1) is 18.0. The summed E-state index contributed by atoms with van der Waals surface area (Å²) in [4.78, 5) is 0.184. The van der Waals surface area contributed by atoms with E-state index in [1.807, 2.05) is 6.92 Å². The zero-order valence-electron chi connectivity index (χ0n) is 13.5. The maximum Gasteiger partial charge on any atom is 0.241 e. The Bertz CT molecular complexity index is 849. The quantitative estimate of drug-likeness (QED) is 0.813. The Kier molecular flexibility index (Phi) is 5.99. The molecule has 0 bridgehead atoms. The van der Waals surface area contributed by atoms with Gasteiger partial charge in [-0.1, -0.05) is 41.7 Å². The summed E-state index contributed by atoms with van der Waals surface area (Å²) in [5, 5.41) is 10.0. The molecule has 0 aliphatic rings. The van der Waals surface area contributed by atoms with Crippen molar-refractivity contribution in [2.24, 2.45) is 0 Å². The van der Waals surface area contributed by atoms with Crippen molar-refractivity contribution in [2.75, 3.05) is 13.7 Å². The molecule has 0 radical (unpaired) electrons. The highest BCUT2D eigenvalue weighted by Gasteiger charge is 2.12. The minimum absolute atomic E-state index is 0.0861. The van der Waals surface area contributed by atoms with Gasteiger partial charge in [0.1, 0.15) is 11.9 Å². The summed E-state index contributed by atoms with van der Waals surface area (Å²) in [6.07, 6.45) is -1.01. The molecule has 2 aromatic rings. The van der Waals surface area contributed by atoms with Crippen molar-refractivity contribution in [1.29, 1.82) is 0 Å². The number of benzene rings is 2. The van der Waals surface area contributed by atoms with Crippen molar-refractivity contribution < 1.29 is 18.3 Å². The van der Waals surface area contributed by atoms with Crippen LogP contribution in [0.4, 0.5) is 0 Å². The molecule has 0 saturated heterocycles. The number of methoxy groups -OCH3 is 1. The van der Waals surface area contributed by atoms with Crippen LogP contribution in [-0.2, 0) is 10.0 Å². The van der Waals surface area contributed by atoms with E-state index in [9.17, 15) is 13.5 Å². The van der Waals surface area contributed by atoms with Crippen molar-refractivity contribution >= 4 is 10.0 Å². The van der Waals surface area contributed by atoms with Gasteiger partial charge in [0.15, 0.2) is 0 Å². The van der Waals surface area contributed by atoms with Gasteiger partial charge in [0, 0.05) is 0 Å². The van der Waals surface area contributed by atoms with Crippen molar-refractivity contribution in [1.82, 2.24) is 4.72 Å². The number of hydrogen-bond donors (Lipinski definition) is 2. The Morgan fingerprint density at radius 3 is 2.58 bits per heavy atom. The van der Waals surface area contributed by atoms with Gasteiger partial charge in [-0.2, -0.15) is 4.72 Å².